The average Bonchev–Trinajstić information content (AvgIpc) is 2.90. The van der Waals surface area contributed by atoms with Crippen LogP contribution in [0, 0.1) is 6.92 Å². The van der Waals surface area contributed by atoms with E-state index < -0.39 is 0 Å². The van der Waals surface area contributed by atoms with Crippen LogP contribution in [0.25, 0.3) is 11.0 Å². The third-order valence-corrected chi connectivity index (χ3v) is 3.65. The molecule has 0 aliphatic heterocycles. The quantitative estimate of drug-likeness (QED) is 0.650. The number of hydrogen-bond acceptors (Lipinski definition) is 4. The van der Waals surface area contributed by atoms with Crippen molar-refractivity contribution in [3.63, 3.8) is 0 Å². The van der Waals surface area contributed by atoms with Crippen molar-refractivity contribution in [1.29, 1.82) is 0 Å². The van der Waals surface area contributed by atoms with Crippen molar-refractivity contribution in [3.05, 3.63) is 54.1 Å². The standard InChI is InChI=1S/C18H20N4O2/c1-13-5-4-6-14(11-13)20-17(24)12-22-16-8-3-2-7-15(16)21-18(22)19-9-10-23/h2-8,11,23H,9-10,12H2,1H3,(H,19,21)(H,20,24). The molecule has 2 aromatic carbocycles. The minimum atomic E-state index is -0.129. The summed E-state index contributed by atoms with van der Waals surface area (Å²) in [6.07, 6.45) is 0. The Morgan fingerprint density at radius 2 is 2.04 bits per heavy atom. The van der Waals surface area contributed by atoms with E-state index in [2.05, 4.69) is 15.6 Å². The number of nitrogens with zero attached hydrogens (tertiary/aromatic N) is 2. The highest BCUT2D eigenvalue weighted by molar-refractivity contribution is 5.92. The molecule has 1 heterocycles. The highest BCUT2D eigenvalue weighted by Crippen LogP contribution is 2.19. The van der Waals surface area contributed by atoms with Gasteiger partial charge >= 0.3 is 0 Å². The predicted octanol–water partition coefficient (Wildman–Crippen LogP) is 2.39. The van der Waals surface area contributed by atoms with Crippen LogP contribution in [-0.2, 0) is 11.3 Å². The van der Waals surface area contributed by atoms with Crippen molar-refractivity contribution in [3.8, 4) is 0 Å². The van der Waals surface area contributed by atoms with E-state index in [1.165, 1.54) is 0 Å². The van der Waals surface area contributed by atoms with Gasteiger partial charge in [0.25, 0.3) is 0 Å². The van der Waals surface area contributed by atoms with Crippen molar-refractivity contribution < 1.29 is 9.90 Å². The number of aliphatic hydroxyl groups excluding tert-OH is 1. The first kappa shape index (κ1) is 16.0. The van der Waals surface area contributed by atoms with E-state index in [4.69, 9.17) is 5.11 Å². The number of aryl methyl sites for hydroxylation is 1. The second kappa shape index (κ2) is 7.14. The number of carbonyl (C=O) groups excluding carboxylic acids is 1. The van der Waals surface area contributed by atoms with Crippen LogP contribution in [0.1, 0.15) is 5.56 Å². The van der Waals surface area contributed by atoms with E-state index in [1.54, 1.807) is 0 Å². The van der Waals surface area contributed by atoms with E-state index in [9.17, 15) is 4.79 Å². The van der Waals surface area contributed by atoms with Gasteiger partial charge in [-0.2, -0.15) is 0 Å². The number of nitrogens with one attached hydrogen (secondary N) is 2. The summed E-state index contributed by atoms with van der Waals surface area (Å²) in [5.41, 5.74) is 3.54. The van der Waals surface area contributed by atoms with Gasteiger partial charge in [0.05, 0.1) is 17.6 Å². The predicted molar refractivity (Wildman–Crippen MR) is 95.1 cm³/mol. The zero-order chi connectivity index (χ0) is 16.9. The Morgan fingerprint density at radius 1 is 1.21 bits per heavy atom. The first-order chi connectivity index (χ1) is 11.7. The summed E-state index contributed by atoms with van der Waals surface area (Å²) >= 11 is 0. The van der Waals surface area contributed by atoms with Crippen molar-refractivity contribution in [2.75, 3.05) is 23.8 Å². The molecule has 0 atom stereocenters. The van der Waals surface area contributed by atoms with Crippen LogP contribution < -0.4 is 10.6 Å². The largest absolute Gasteiger partial charge is 0.395 e. The Labute approximate surface area is 140 Å². The Hall–Kier alpha value is -2.86. The van der Waals surface area contributed by atoms with Crippen LogP contribution >= 0.6 is 0 Å². The van der Waals surface area contributed by atoms with Gasteiger partial charge in [-0.05, 0) is 36.8 Å². The summed E-state index contributed by atoms with van der Waals surface area (Å²) in [6, 6.07) is 15.3. The fourth-order valence-electron chi connectivity index (χ4n) is 2.61. The molecule has 0 spiro atoms. The lowest BCUT2D eigenvalue weighted by atomic mass is 10.2. The molecule has 0 bridgehead atoms. The zero-order valence-electron chi connectivity index (χ0n) is 13.5. The summed E-state index contributed by atoms with van der Waals surface area (Å²) in [7, 11) is 0. The third kappa shape index (κ3) is 3.55. The fraction of sp³-hybridized carbons (Fsp3) is 0.222. The number of para-hydroxylation sites is 2. The molecule has 3 N–H and O–H groups in total. The summed E-state index contributed by atoms with van der Waals surface area (Å²) in [5, 5.41) is 15.0. The molecule has 1 aromatic heterocycles. The van der Waals surface area contributed by atoms with Gasteiger partial charge in [-0.15, -0.1) is 0 Å². The van der Waals surface area contributed by atoms with E-state index >= 15 is 0 Å². The topological polar surface area (TPSA) is 79.2 Å². The van der Waals surface area contributed by atoms with E-state index in [1.807, 2.05) is 60.0 Å². The molecule has 24 heavy (non-hydrogen) atoms. The molecule has 0 aliphatic rings. The normalized spacial score (nSPS) is 10.8. The van der Waals surface area contributed by atoms with Crippen LogP contribution in [0.4, 0.5) is 11.6 Å². The molecular weight excluding hydrogens is 304 g/mol. The maximum absolute atomic E-state index is 12.4. The van der Waals surface area contributed by atoms with Gasteiger partial charge in [-0.1, -0.05) is 24.3 Å². The van der Waals surface area contributed by atoms with Gasteiger partial charge in [-0.3, -0.25) is 4.79 Å². The van der Waals surface area contributed by atoms with Crippen molar-refractivity contribution >= 4 is 28.6 Å². The summed E-state index contributed by atoms with van der Waals surface area (Å²) < 4.78 is 1.82. The number of amides is 1. The van der Waals surface area contributed by atoms with Gasteiger partial charge in [0.1, 0.15) is 6.54 Å². The second-order valence-electron chi connectivity index (χ2n) is 5.58. The molecule has 0 unspecified atom stereocenters. The number of imidazole rings is 1. The Balaban J connectivity index is 1.83. The molecule has 6 nitrogen and oxygen atoms in total. The first-order valence-corrected chi connectivity index (χ1v) is 7.84. The zero-order valence-corrected chi connectivity index (χ0v) is 13.5. The number of carbonyl (C=O) groups is 1. The lowest BCUT2D eigenvalue weighted by Crippen LogP contribution is -2.21. The highest BCUT2D eigenvalue weighted by Gasteiger charge is 2.13. The molecule has 0 radical (unpaired) electrons. The highest BCUT2D eigenvalue weighted by atomic mass is 16.3. The van der Waals surface area contributed by atoms with Crippen molar-refractivity contribution in [2.24, 2.45) is 0 Å². The molecule has 0 aliphatic carbocycles. The fourth-order valence-corrected chi connectivity index (χ4v) is 2.61. The van der Waals surface area contributed by atoms with E-state index in [0.29, 0.717) is 12.5 Å². The molecule has 3 rings (SSSR count). The van der Waals surface area contributed by atoms with Crippen LogP contribution in [0.2, 0.25) is 0 Å². The molecule has 124 valence electrons. The molecule has 0 fully saturated rings. The molecular formula is C18H20N4O2. The van der Waals surface area contributed by atoms with Crippen LogP contribution in [0.5, 0.6) is 0 Å². The summed E-state index contributed by atoms with van der Waals surface area (Å²) in [5.74, 6) is 0.445. The summed E-state index contributed by atoms with van der Waals surface area (Å²) in [6.45, 7) is 2.50. The van der Waals surface area contributed by atoms with Crippen LogP contribution in [0.15, 0.2) is 48.5 Å². The van der Waals surface area contributed by atoms with Gasteiger partial charge in [0, 0.05) is 12.2 Å². The minimum absolute atomic E-state index is 0.00130. The third-order valence-electron chi connectivity index (χ3n) is 3.65. The van der Waals surface area contributed by atoms with Gasteiger partial charge in [0.2, 0.25) is 11.9 Å². The maximum atomic E-state index is 12.4. The number of benzene rings is 2. The molecule has 1 amide bonds. The smallest absolute Gasteiger partial charge is 0.244 e. The second-order valence-corrected chi connectivity index (χ2v) is 5.58. The van der Waals surface area contributed by atoms with E-state index in [-0.39, 0.29) is 19.1 Å². The van der Waals surface area contributed by atoms with Crippen molar-refractivity contribution in [1.82, 2.24) is 9.55 Å². The van der Waals surface area contributed by atoms with E-state index in [0.717, 1.165) is 22.3 Å². The van der Waals surface area contributed by atoms with Gasteiger partial charge in [-0.25, -0.2) is 4.98 Å². The Kier molecular flexibility index (Phi) is 4.77. The lowest BCUT2D eigenvalue weighted by molar-refractivity contribution is -0.116. The molecule has 3 aromatic rings. The SMILES string of the molecule is Cc1cccc(NC(=O)Cn2c(NCCO)nc3ccccc32)c1. The minimum Gasteiger partial charge on any atom is -0.395 e. The molecule has 0 saturated carbocycles. The van der Waals surface area contributed by atoms with Gasteiger partial charge in [0.15, 0.2) is 0 Å². The first-order valence-electron chi connectivity index (χ1n) is 7.84. The molecule has 0 saturated heterocycles. The van der Waals surface area contributed by atoms with Crippen molar-refractivity contribution in [2.45, 2.75) is 13.5 Å². The summed E-state index contributed by atoms with van der Waals surface area (Å²) in [4.78, 5) is 16.9. The average molecular weight is 324 g/mol. The number of aliphatic hydroxyl groups is 1. The van der Waals surface area contributed by atoms with Gasteiger partial charge < -0.3 is 20.3 Å². The maximum Gasteiger partial charge on any atom is 0.244 e. The lowest BCUT2D eigenvalue weighted by Gasteiger charge is -2.11. The number of hydrogen-bond donors (Lipinski definition) is 3. The molecule has 6 heteroatoms. The Bertz CT molecular complexity index is 857. The van der Waals surface area contributed by atoms with Crippen LogP contribution in [-0.4, -0.2) is 33.7 Å². The Morgan fingerprint density at radius 3 is 2.83 bits per heavy atom. The number of rotatable bonds is 6. The van der Waals surface area contributed by atoms with Crippen LogP contribution in [0.3, 0.4) is 0 Å². The monoisotopic (exact) mass is 324 g/mol. The number of aromatic nitrogens is 2. The number of anilines is 2. The number of fused-ring (bicyclic) bond motifs is 1.